The van der Waals surface area contributed by atoms with Gasteiger partial charge in [-0.15, -0.1) is 0 Å². The number of halogens is 5. The average molecular weight is 455 g/mol. The highest BCUT2D eigenvalue weighted by molar-refractivity contribution is 6.33. The summed E-state index contributed by atoms with van der Waals surface area (Å²) >= 11 is 5.96. The lowest BCUT2D eigenvalue weighted by molar-refractivity contribution is 0.101. The Balaban J connectivity index is 2.01. The maximum atomic E-state index is 14.4. The summed E-state index contributed by atoms with van der Waals surface area (Å²) in [4.78, 5) is 17.1. The zero-order chi connectivity index (χ0) is 22.7. The Kier molecular flexibility index (Phi) is 6.59. The number of hydrogen-bond acceptors (Lipinski definition) is 4. The largest absolute Gasteiger partial charge is 0.399 e. The van der Waals surface area contributed by atoms with E-state index in [9.17, 15) is 22.4 Å². The fourth-order valence-corrected chi connectivity index (χ4v) is 3.10. The number of benzene rings is 2. The monoisotopic (exact) mass is 454 g/mol. The normalized spacial score (nSPS) is 11.4. The first-order valence-corrected chi connectivity index (χ1v) is 9.09. The van der Waals surface area contributed by atoms with E-state index in [1.807, 2.05) is 0 Å². The van der Waals surface area contributed by atoms with Gasteiger partial charge in [-0.3, -0.25) is 9.48 Å². The summed E-state index contributed by atoms with van der Waals surface area (Å²) in [5, 5.41) is 9.10. The maximum Gasteiger partial charge on any atom is 0.283 e. The summed E-state index contributed by atoms with van der Waals surface area (Å²) in [5.74, 6) is -2.76. The molecular weight excluding hydrogens is 440 g/mol. The molecule has 1 amide bonds. The third-order valence-electron chi connectivity index (χ3n) is 4.29. The molecule has 1 N–H and O–H groups in total. The molecule has 0 saturated heterocycles. The highest BCUT2D eigenvalue weighted by Gasteiger charge is 2.27. The molecule has 0 bridgehead atoms. The van der Waals surface area contributed by atoms with Crippen LogP contribution in [0.25, 0.3) is 11.1 Å². The van der Waals surface area contributed by atoms with Crippen LogP contribution in [0.4, 0.5) is 23.2 Å². The summed E-state index contributed by atoms with van der Waals surface area (Å²) in [6.07, 6.45) is -2.14. The number of aromatic nitrogens is 2. The summed E-state index contributed by atoms with van der Waals surface area (Å²) in [7, 11) is 2.55. The number of nitrogens with one attached hydrogen (secondary N) is 1. The predicted octanol–water partition coefficient (Wildman–Crippen LogP) is 5.19. The minimum atomic E-state index is -3.03. The Bertz CT molecular complexity index is 1140. The van der Waals surface area contributed by atoms with Crippen molar-refractivity contribution < 1.29 is 27.2 Å². The summed E-state index contributed by atoms with van der Waals surface area (Å²) < 4.78 is 56.3. The zero-order valence-corrected chi connectivity index (χ0v) is 16.9. The van der Waals surface area contributed by atoms with Crippen LogP contribution in [-0.4, -0.2) is 29.0 Å². The topological polar surface area (TPSA) is 68.5 Å². The van der Waals surface area contributed by atoms with Crippen molar-refractivity contribution in [3.05, 3.63) is 70.0 Å². The van der Waals surface area contributed by atoms with Gasteiger partial charge in [0.2, 0.25) is 0 Å². The number of carbonyl (C=O) groups is 1. The summed E-state index contributed by atoms with van der Waals surface area (Å²) in [5.41, 5.74) is -1.19. The molecular formula is C20H15ClF4N4O2. The van der Waals surface area contributed by atoms with Gasteiger partial charge in [-0.2, -0.15) is 5.10 Å². The van der Waals surface area contributed by atoms with Gasteiger partial charge in [-0.1, -0.05) is 35.0 Å². The van der Waals surface area contributed by atoms with E-state index in [1.54, 1.807) is 12.1 Å². The minimum absolute atomic E-state index is 0.104. The Morgan fingerprint density at radius 3 is 2.52 bits per heavy atom. The quantitative estimate of drug-likeness (QED) is 0.316. The molecule has 2 aromatic carbocycles. The average Bonchev–Trinajstić information content (AvgIpc) is 3.02. The second kappa shape index (κ2) is 9.17. The molecule has 3 rings (SSSR count). The van der Waals surface area contributed by atoms with Crippen molar-refractivity contribution >= 4 is 29.4 Å². The van der Waals surface area contributed by atoms with Crippen molar-refractivity contribution in [2.75, 3.05) is 12.4 Å². The lowest BCUT2D eigenvalue weighted by Gasteiger charge is -2.13. The molecule has 0 aliphatic rings. The van der Waals surface area contributed by atoms with Gasteiger partial charge in [0, 0.05) is 18.3 Å². The molecule has 11 heteroatoms. The lowest BCUT2D eigenvalue weighted by Crippen LogP contribution is -2.15. The number of alkyl halides is 2. The van der Waals surface area contributed by atoms with E-state index in [-0.39, 0.29) is 22.0 Å². The number of hydrogen-bond donors (Lipinski definition) is 1. The fourth-order valence-electron chi connectivity index (χ4n) is 2.88. The van der Waals surface area contributed by atoms with Crippen molar-refractivity contribution in [1.82, 2.24) is 9.78 Å². The molecule has 0 unspecified atom stereocenters. The van der Waals surface area contributed by atoms with E-state index in [1.165, 1.54) is 26.3 Å². The molecule has 0 radical (unpaired) electrons. The van der Waals surface area contributed by atoms with E-state index in [2.05, 4.69) is 20.4 Å². The molecule has 0 aliphatic carbocycles. The molecule has 3 aromatic rings. The van der Waals surface area contributed by atoms with Gasteiger partial charge >= 0.3 is 0 Å². The van der Waals surface area contributed by atoms with Crippen LogP contribution in [0.3, 0.4) is 0 Å². The fraction of sp³-hybridized carbons (Fsp3) is 0.150. The van der Waals surface area contributed by atoms with Crippen molar-refractivity contribution in [1.29, 1.82) is 0 Å². The van der Waals surface area contributed by atoms with Gasteiger partial charge in [0.15, 0.2) is 0 Å². The number of aryl methyl sites for hydroxylation is 1. The SMILES string of the molecule is CON=Cc1c(F)cc(-c2ccccc2NC(=O)c2c(C(F)F)nn(C)c2Cl)cc1F. The van der Waals surface area contributed by atoms with E-state index < -0.39 is 40.8 Å². The second-order valence-electron chi connectivity index (χ2n) is 6.25. The Morgan fingerprint density at radius 2 is 1.90 bits per heavy atom. The first-order chi connectivity index (χ1) is 14.7. The van der Waals surface area contributed by atoms with Gasteiger partial charge in [0.1, 0.15) is 35.2 Å². The molecule has 0 spiro atoms. The van der Waals surface area contributed by atoms with Crippen molar-refractivity contribution in [2.24, 2.45) is 12.2 Å². The molecule has 162 valence electrons. The van der Waals surface area contributed by atoms with Crippen LogP contribution in [0.5, 0.6) is 0 Å². The number of oxime groups is 1. The van der Waals surface area contributed by atoms with Crippen LogP contribution in [0, 0.1) is 11.6 Å². The third-order valence-corrected chi connectivity index (χ3v) is 4.72. The van der Waals surface area contributed by atoms with E-state index >= 15 is 0 Å². The van der Waals surface area contributed by atoms with Gasteiger partial charge in [-0.05, 0) is 23.8 Å². The maximum absolute atomic E-state index is 14.4. The van der Waals surface area contributed by atoms with Crippen molar-refractivity contribution in [2.45, 2.75) is 6.43 Å². The molecule has 1 heterocycles. The molecule has 6 nitrogen and oxygen atoms in total. The molecule has 0 fully saturated rings. The van der Waals surface area contributed by atoms with Gasteiger partial charge in [0.25, 0.3) is 12.3 Å². The number of nitrogens with zero attached hydrogens (tertiary/aromatic N) is 3. The van der Waals surface area contributed by atoms with Crippen LogP contribution < -0.4 is 5.32 Å². The molecule has 0 aliphatic heterocycles. The predicted molar refractivity (Wildman–Crippen MR) is 108 cm³/mol. The lowest BCUT2D eigenvalue weighted by atomic mass is 10.0. The summed E-state index contributed by atoms with van der Waals surface area (Å²) in [6, 6.07) is 8.20. The van der Waals surface area contributed by atoms with E-state index in [4.69, 9.17) is 11.6 Å². The van der Waals surface area contributed by atoms with Crippen LogP contribution >= 0.6 is 11.6 Å². The van der Waals surface area contributed by atoms with Gasteiger partial charge in [0.05, 0.1) is 11.8 Å². The standard InChI is InChI=1S/C20H15ClF4N4O2/c1-29-18(21)16(17(28-29)19(24)25)20(30)27-15-6-4-3-5-11(15)10-7-13(22)12(9-26-31-2)14(23)8-10/h3-9,19H,1-2H3,(H,27,30). The zero-order valence-electron chi connectivity index (χ0n) is 16.2. The number of para-hydroxylation sites is 1. The highest BCUT2D eigenvalue weighted by Crippen LogP contribution is 2.32. The van der Waals surface area contributed by atoms with Crippen LogP contribution in [0.2, 0.25) is 5.15 Å². The van der Waals surface area contributed by atoms with Crippen molar-refractivity contribution in [3.8, 4) is 11.1 Å². The third kappa shape index (κ3) is 4.53. The smallest absolute Gasteiger partial charge is 0.283 e. The van der Waals surface area contributed by atoms with E-state index in [0.29, 0.717) is 0 Å². The number of amides is 1. The van der Waals surface area contributed by atoms with E-state index in [0.717, 1.165) is 23.0 Å². The van der Waals surface area contributed by atoms with Crippen molar-refractivity contribution in [3.63, 3.8) is 0 Å². The Labute approximate surface area is 179 Å². The molecule has 31 heavy (non-hydrogen) atoms. The van der Waals surface area contributed by atoms with Crippen LogP contribution in [0.15, 0.2) is 41.6 Å². The minimum Gasteiger partial charge on any atom is -0.399 e. The van der Waals surface area contributed by atoms with Crippen LogP contribution in [-0.2, 0) is 11.9 Å². The highest BCUT2D eigenvalue weighted by atomic mass is 35.5. The Hall–Kier alpha value is -3.40. The second-order valence-corrected chi connectivity index (χ2v) is 6.60. The first kappa shape index (κ1) is 22.3. The Morgan fingerprint density at radius 1 is 1.26 bits per heavy atom. The first-order valence-electron chi connectivity index (χ1n) is 8.71. The summed E-state index contributed by atoms with van der Waals surface area (Å²) in [6.45, 7) is 0. The molecule has 1 aromatic heterocycles. The number of anilines is 1. The molecule has 0 saturated carbocycles. The molecule has 0 atom stereocenters. The van der Waals surface area contributed by atoms with Gasteiger partial charge in [-0.25, -0.2) is 17.6 Å². The number of rotatable bonds is 6. The van der Waals surface area contributed by atoms with Crippen LogP contribution in [0.1, 0.15) is 28.0 Å². The number of carbonyl (C=O) groups excluding carboxylic acids is 1. The van der Waals surface area contributed by atoms with Gasteiger partial charge < -0.3 is 10.2 Å².